The van der Waals surface area contributed by atoms with Gasteiger partial charge < -0.3 is 0 Å². The summed E-state index contributed by atoms with van der Waals surface area (Å²) in [6, 6.07) is 6.09. The fourth-order valence-electron chi connectivity index (χ4n) is 2.05. The number of rotatable bonds is 4. The Morgan fingerprint density at radius 3 is 2.95 bits per heavy atom. The Bertz CT molecular complexity index is 702. The Morgan fingerprint density at radius 1 is 1.32 bits per heavy atom. The molecule has 5 heteroatoms. The van der Waals surface area contributed by atoms with E-state index in [1.807, 2.05) is 29.2 Å². The third kappa shape index (κ3) is 2.51. The fourth-order valence-corrected chi connectivity index (χ4v) is 3.07. The predicted molar refractivity (Wildman–Crippen MR) is 80.8 cm³/mol. The zero-order valence-electron chi connectivity index (χ0n) is 10.6. The number of thiophene rings is 1. The Hall–Kier alpha value is -1.39. The van der Waals surface area contributed by atoms with E-state index in [4.69, 9.17) is 11.6 Å². The third-order valence-corrected chi connectivity index (χ3v) is 4.36. The first-order valence-electron chi connectivity index (χ1n) is 6.35. The van der Waals surface area contributed by atoms with Crippen LogP contribution in [0, 0.1) is 0 Å². The number of nitrogens with zero attached hydrogens (tertiary/aromatic N) is 3. The van der Waals surface area contributed by atoms with Crippen LogP contribution in [0.1, 0.15) is 19.8 Å². The molecule has 3 aromatic heterocycles. The van der Waals surface area contributed by atoms with E-state index < -0.39 is 0 Å². The standard InChI is InChI=1S/C14H14ClN3S/c1-2-3-6-18-12-7-10(8-16-11(12)9-17-18)13-4-5-14(15)19-13/h4-5,7-9H,2-3,6H2,1H3. The van der Waals surface area contributed by atoms with Crippen molar-refractivity contribution in [2.75, 3.05) is 0 Å². The van der Waals surface area contributed by atoms with Crippen molar-refractivity contribution in [1.82, 2.24) is 14.8 Å². The topological polar surface area (TPSA) is 30.7 Å². The fraction of sp³-hybridized carbons (Fsp3) is 0.286. The number of unbranched alkanes of at least 4 members (excludes halogenated alkanes) is 1. The highest BCUT2D eigenvalue weighted by atomic mass is 35.5. The average Bonchev–Trinajstić information content (AvgIpc) is 3.02. The van der Waals surface area contributed by atoms with Crippen molar-refractivity contribution in [1.29, 1.82) is 0 Å². The van der Waals surface area contributed by atoms with Gasteiger partial charge in [-0.1, -0.05) is 24.9 Å². The lowest BCUT2D eigenvalue weighted by Crippen LogP contribution is -1.99. The SMILES string of the molecule is CCCCn1ncc2ncc(-c3ccc(Cl)s3)cc21. The normalized spacial score (nSPS) is 11.3. The van der Waals surface area contributed by atoms with Gasteiger partial charge in [-0.3, -0.25) is 9.67 Å². The van der Waals surface area contributed by atoms with Crippen molar-refractivity contribution < 1.29 is 0 Å². The number of hydrogen-bond acceptors (Lipinski definition) is 3. The molecule has 0 spiro atoms. The van der Waals surface area contributed by atoms with Gasteiger partial charge in [0.25, 0.3) is 0 Å². The van der Waals surface area contributed by atoms with Gasteiger partial charge in [0.05, 0.1) is 16.0 Å². The van der Waals surface area contributed by atoms with E-state index in [-0.39, 0.29) is 0 Å². The van der Waals surface area contributed by atoms with Crippen LogP contribution in [-0.2, 0) is 6.54 Å². The highest BCUT2D eigenvalue weighted by Gasteiger charge is 2.07. The smallest absolute Gasteiger partial charge is 0.108 e. The van der Waals surface area contributed by atoms with Crippen molar-refractivity contribution in [2.24, 2.45) is 0 Å². The number of halogens is 1. The summed E-state index contributed by atoms with van der Waals surface area (Å²) in [5.41, 5.74) is 3.14. The quantitative estimate of drug-likeness (QED) is 0.702. The molecule has 0 radical (unpaired) electrons. The molecule has 0 saturated heterocycles. The molecule has 0 atom stereocenters. The van der Waals surface area contributed by atoms with Crippen molar-refractivity contribution in [3.8, 4) is 10.4 Å². The van der Waals surface area contributed by atoms with Crippen LogP contribution >= 0.6 is 22.9 Å². The van der Waals surface area contributed by atoms with Gasteiger partial charge >= 0.3 is 0 Å². The third-order valence-electron chi connectivity index (χ3n) is 3.08. The van der Waals surface area contributed by atoms with Gasteiger partial charge in [-0.2, -0.15) is 5.10 Å². The second-order valence-electron chi connectivity index (χ2n) is 4.45. The average molecular weight is 292 g/mol. The number of aromatic nitrogens is 3. The van der Waals surface area contributed by atoms with Crippen LogP contribution in [0.25, 0.3) is 21.5 Å². The lowest BCUT2D eigenvalue weighted by Gasteiger charge is -2.03. The van der Waals surface area contributed by atoms with E-state index in [0.717, 1.165) is 45.2 Å². The summed E-state index contributed by atoms with van der Waals surface area (Å²) >= 11 is 7.56. The van der Waals surface area contributed by atoms with Gasteiger partial charge in [0.2, 0.25) is 0 Å². The minimum Gasteiger partial charge on any atom is -0.263 e. The number of aryl methyl sites for hydroxylation is 1. The van der Waals surface area contributed by atoms with Crippen molar-refractivity contribution in [3.63, 3.8) is 0 Å². The van der Waals surface area contributed by atoms with Gasteiger partial charge in [0.1, 0.15) is 5.52 Å². The monoisotopic (exact) mass is 291 g/mol. The summed E-state index contributed by atoms with van der Waals surface area (Å²) in [6.07, 6.45) is 6.01. The largest absolute Gasteiger partial charge is 0.263 e. The van der Waals surface area contributed by atoms with Crippen LogP contribution < -0.4 is 0 Å². The van der Waals surface area contributed by atoms with Gasteiger partial charge in [-0.25, -0.2) is 0 Å². The highest BCUT2D eigenvalue weighted by Crippen LogP contribution is 2.31. The summed E-state index contributed by atoms with van der Waals surface area (Å²) in [5, 5.41) is 4.40. The second-order valence-corrected chi connectivity index (χ2v) is 6.17. The molecular weight excluding hydrogens is 278 g/mol. The van der Waals surface area contributed by atoms with E-state index >= 15 is 0 Å². The number of hydrogen-bond donors (Lipinski definition) is 0. The van der Waals surface area contributed by atoms with Gasteiger partial charge in [-0.05, 0) is 24.6 Å². The van der Waals surface area contributed by atoms with Crippen molar-refractivity contribution in [2.45, 2.75) is 26.3 Å². The van der Waals surface area contributed by atoms with E-state index in [2.05, 4.69) is 23.1 Å². The molecule has 0 fully saturated rings. The zero-order chi connectivity index (χ0) is 13.2. The van der Waals surface area contributed by atoms with Crippen LogP contribution in [0.2, 0.25) is 4.34 Å². The molecule has 0 saturated carbocycles. The van der Waals surface area contributed by atoms with Gasteiger partial charge in [-0.15, -0.1) is 11.3 Å². The first-order valence-corrected chi connectivity index (χ1v) is 7.54. The van der Waals surface area contributed by atoms with E-state index in [0.29, 0.717) is 0 Å². The molecule has 3 aromatic rings. The van der Waals surface area contributed by atoms with Crippen LogP contribution in [0.4, 0.5) is 0 Å². The lowest BCUT2D eigenvalue weighted by atomic mass is 10.2. The van der Waals surface area contributed by atoms with E-state index in [1.165, 1.54) is 0 Å². The summed E-state index contributed by atoms with van der Waals surface area (Å²) in [5.74, 6) is 0. The van der Waals surface area contributed by atoms with Crippen LogP contribution in [0.15, 0.2) is 30.6 Å². The Morgan fingerprint density at radius 2 is 2.21 bits per heavy atom. The maximum Gasteiger partial charge on any atom is 0.108 e. The molecule has 3 nitrogen and oxygen atoms in total. The number of fused-ring (bicyclic) bond motifs is 1. The summed E-state index contributed by atoms with van der Waals surface area (Å²) in [4.78, 5) is 5.62. The van der Waals surface area contributed by atoms with E-state index in [1.54, 1.807) is 11.3 Å². The summed E-state index contributed by atoms with van der Waals surface area (Å²) in [6.45, 7) is 3.12. The molecule has 19 heavy (non-hydrogen) atoms. The molecule has 0 unspecified atom stereocenters. The molecule has 0 N–H and O–H groups in total. The first-order chi connectivity index (χ1) is 9.28. The Kier molecular flexibility index (Phi) is 3.53. The molecule has 3 heterocycles. The molecule has 98 valence electrons. The van der Waals surface area contributed by atoms with Crippen molar-refractivity contribution >= 4 is 34.0 Å². The molecule has 0 aromatic carbocycles. The molecule has 0 aliphatic carbocycles. The molecule has 3 rings (SSSR count). The maximum atomic E-state index is 5.99. The Labute approximate surface area is 120 Å². The number of pyridine rings is 1. The highest BCUT2D eigenvalue weighted by molar-refractivity contribution is 7.19. The molecular formula is C14H14ClN3S. The second kappa shape index (κ2) is 5.31. The van der Waals surface area contributed by atoms with Crippen LogP contribution in [0.5, 0.6) is 0 Å². The first kappa shape index (κ1) is 12.6. The minimum absolute atomic E-state index is 0.801. The summed E-state index contributed by atoms with van der Waals surface area (Å²) in [7, 11) is 0. The van der Waals surface area contributed by atoms with Crippen LogP contribution in [0.3, 0.4) is 0 Å². The molecule has 0 amide bonds. The molecule has 0 aliphatic heterocycles. The van der Waals surface area contributed by atoms with Gasteiger partial charge in [0, 0.05) is 23.2 Å². The Balaban J connectivity index is 2.03. The predicted octanol–water partition coefficient (Wildman–Crippen LogP) is 4.61. The van der Waals surface area contributed by atoms with Crippen molar-refractivity contribution in [3.05, 3.63) is 34.9 Å². The maximum absolute atomic E-state index is 5.99. The molecule has 0 bridgehead atoms. The van der Waals surface area contributed by atoms with E-state index in [9.17, 15) is 0 Å². The van der Waals surface area contributed by atoms with Gasteiger partial charge in [0.15, 0.2) is 0 Å². The summed E-state index contributed by atoms with van der Waals surface area (Å²) < 4.78 is 2.83. The lowest BCUT2D eigenvalue weighted by molar-refractivity contribution is 0.588. The van der Waals surface area contributed by atoms with Crippen LogP contribution in [-0.4, -0.2) is 14.8 Å². The molecule has 0 aliphatic rings. The zero-order valence-corrected chi connectivity index (χ0v) is 12.2. The minimum atomic E-state index is 0.801.